The molecule has 1 aliphatic heterocycles. The average molecular weight is 406 g/mol. The molecular weight excluding hydrogens is 389 g/mol. The Balaban J connectivity index is 1.85. The minimum atomic E-state index is -0.473. The van der Waals surface area contributed by atoms with Crippen LogP contribution in [0.5, 0.6) is 5.75 Å². The van der Waals surface area contributed by atoms with Crippen molar-refractivity contribution in [2.24, 2.45) is 0 Å². The third-order valence-electron chi connectivity index (χ3n) is 3.79. The molecule has 2 aromatic rings. The number of benzene rings is 2. The lowest BCUT2D eigenvalue weighted by molar-refractivity contribution is -0.123. The molecule has 1 saturated heterocycles. The maximum absolute atomic E-state index is 13.2. The Morgan fingerprint density at radius 3 is 2.67 bits per heavy atom. The van der Waals surface area contributed by atoms with Crippen molar-refractivity contribution in [3.05, 3.63) is 69.3 Å². The second-order valence-corrected chi connectivity index (χ2v) is 7.61. The van der Waals surface area contributed by atoms with Gasteiger partial charge in [-0.15, -0.1) is 0 Å². The zero-order valence-electron chi connectivity index (χ0n) is 14.7. The van der Waals surface area contributed by atoms with Crippen LogP contribution in [0.2, 0.25) is 5.02 Å². The van der Waals surface area contributed by atoms with Gasteiger partial charge in [-0.25, -0.2) is 4.39 Å². The maximum atomic E-state index is 13.2. The Labute approximate surface area is 166 Å². The van der Waals surface area contributed by atoms with Crippen LogP contribution < -0.4 is 4.74 Å². The standard InChI is InChI=1S/C20H17ClFNO3S/c1-12(2)26-17-6-4-3-5-13(17)9-18-19(24)23(20(25)27-18)11-14-7-8-15(22)10-16(14)21/h3-10,12H,11H2,1-2H3/b18-9-. The molecular formula is C20H17ClFNO3S. The number of carbonyl (C=O) groups is 2. The number of thioether (sulfide) groups is 1. The van der Waals surface area contributed by atoms with E-state index in [9.17, 15) is 14.0 Å². The SMILES string of the molecule is CC(C)Oc1ccccc1/C=C1\SC(=O)N(Cc2ccc(F)cc2Cl)C1=O. The van der Waals surface area contributed by atoms with Gasteiger partial charge in [0.2, 0.25) is 0 Å². The number of hydrogen-bond acceptors (Lipinski definition) is 4. The molecule has 27 heavy (non-hydrogen) atoms. The minimum Gasteiger partial charge on any atom is -0.490 e. The lowest BCUT2D eigenvalue weighted by Crippen LogP contribution is -2.27. The van der Waals surface area contributed by atoms with E-state index in [-0.39, 0.29) is 17.7 Å². The third kappa shape index (κ3) is 4.51. The van der Waals surface area contributed by atoms with E-state index in [4.69, 9.17) is 16.3 Å². The first kappa shape index (κ1) is 19.5. The molecule has 2 aromatic carbocycles. The highest BCUT2D eigenvalue weighted by molar-refractivity contribution is 8.18. The van der Waals surface area contributed by atoms with Crippen molar-refractivity contribution in [3.63, 3.8) is 0 Å². The lowest BCUT2D eigenvalue weighted by Gasteiger charge is -2.14. The predicted molar refractivity (Wildman–Crippen MR) is 105 cm³/mol. The largest absolute Gasteiger partial charge is 0.490 e. The first-order chi connectivity index (χ1) is 12.8. The summed E-state index contributed by atoms with van der Waals surface area (Å²) in [6.07, 6.45) is 1.63. The van der Waals surface area contributed by atoms with E-state index in [1.165, 1.54) is 12.1 Å². The number of rotatable bonds is 5. The number of carbonyl (C=O) groups excluding carboxylic acids is 2. The van der Waals surface area contributed by atoms with Gasteiger partial charge in [0, 0.05) is 10.6 Å². The van der Waals surface area contributed by atoms with Gasteiger partial charge >= 0.3 is 0 Å². The molecule has 7 heteroatoms. The van der Waals surface area contributed by atoms with E-state index in [1.54, 1.807) is 6.08 Å². The molecule has 0 N–H and O–H groups in total. The third-order valence-corrected chi connectivity index (χ3v) is 5.04. The number of amides is 2. The maximum Gasteiger partial charge on any atom is 0.293 e. The molecule has 0 aromatic heterocycles. The van der Waals surface area contributed by atoms with Crippen molar-refractivity contribution < 1.29 is 18.7 Å². The smallest absolute Gasteiger partial charge is 0.293 e. The number of halogens is 2. The van der Waals surface area contributed by atoms with E-state index in [0.717, 1.165) is 28.3 Å². The quantitative estimate of drug-likeness (QED) is 0.616. The normalized spacial score (nSPS) is 15.9. The molecule has 3 rings (SSSR count). The van der Waals surface area contributed by atoms with Crippen LogP contribution in [0.4, 0.5) is 9.18 Å². The van der Waals surface area contributed by atoms with Crippen LogP contribution in [0, 0.1) is 5.82 Å². The van der Waals surface area contributed by atoms with Gasteiger partial charge < -0.3 is 4.74 Å². The van der Waals surface area contributed by atoms with Gasteiger partial charge in [-0.1, -0.05) is 35.9 Å². The van der Waals surface area contributed by atoms with E-state index in [0.29, 0.717) is 16.2 Å². The number of hydrogen-bond donors (Lipinski definition) is 0. The van der Waals surface area contributed by atoms with Crippen LogP contribution >= 0.6 is 23.4 Å². The Bertz CT molecular complexity index is 929. The summed E-state index contributed by atoms with van der Waals surface area (Å²) < 4.78 is 18.9. The average Bonchev–Trinajstić information content (AvgIpc) is 2.86. The molecule has 1 aliphatic rings. The molecule has 0 spiro atoms. The number of para-hydroxylation sites is 1. The van der Waals surface area contributed by atoms with Crippen molar-refractivity contribution in [2.75, 3.05) is 0 Å². The van der Waals surface area contributed by atoms with Crippen molar-refractivity contribution in [1.29, 1.82) is 0 Å². The second kappa shape index (κ2) is 8.15. The van der Waals surface area contributed by atoms with Crippen LogP contribution in [0.1, 0.15) is 25.0 Å². The fraction of sp³-hybridized carbons (Fsp3) is 0.200. The van der Waals surface area contributed by atoms with Crippen molar-refractivity contribution in [3.8, 4) is 5.75 Å². The van der Waals surface area contributed by atoms with Gasteiger partial charge in [0.1, 0.15) is 11.6 Å². The van der Waals surface area contributed by atoms with Gasteiger partial charge in [-0.3, -0.25) is 14.5 Å². The molecule has 1 fully saturated rings. The Hall–Kier alpha value is -2.31. The van der Waals surface area contributed by atoms with Gasteiger partial charge in [-0.05, 0) is 55.4 Å². The molecule has 0 bridgehead atoms. The summed E-state index contributed by atoms with van der Waals surface area (Å²) >= 11 is 6.87. The Kier molecular flexibility index (Phi) is 5.87. The van der Waals surface area contributed by atoms with Crippen molar-refractivity contribution in [1.82, 2.24) is 4.90 Å². The van der Waals surface area contributed by atoms with E-state index in [1.807, 2.05) is 38.1 Å². The molecule has 0 aliphatic carbocycles. The van der Waals surface area contributed by atoms with Gasteiger partial charge in [0.05, 0.1) is 17.6 Å². The molecule has 0 saturated carbocycles. The van der Waals surface area contributed by atoms with Crippen LogP contribution in [0.15, 0.2) is 47.4 Å². The molecule has 4 nitrogen and oxygen atoms in total. The molecule has 2 amide bonds. The number of ether oxygens (including phenoxy) is 1. The first-order valence-corrected chi connectivity index (χ1v) is 9.49. The highest BCUT2D eigenvalue weighted by atomic mass is 35.5. The summed E-state index contributed by atoms with van der Waals surface area (Å²) in [6, 6.07) is 11.2. The van der Waals surface area contributed by atoms with Gasteiger partial charge in [0.25, 0.3) is 11.1 Å². The van der Waals surface area contributed by atoms with Crippen LogP contribution in [0.25, 0.3) is 6.08 Å². The number of nitrogens with zero attached hydrogens (tertiary/aromatic N) is 1. The van der Waals surface area contributed by atoms with Crippen molar-refractivity contribution in [2.45, 2.75) is 26.5 Å². The highest BCUT2D eigenvalue weighted by Gasteiger charge is 2.35. The highest BCUT2D eigenvalue weighted by Crippen LogP contribution is 2.35. The second-order valence-electron chi connectivity index (χ2n) is 6.21. The molecule has 1 heterocycles. The summed E-state index contributed by atoms with van der Waals surface area (Å²) in [6.45, 7) is 3.82. The molecule has 0 unspecified atom stereocenters. The van der Waals surface area contributed by atoms with Crippen molar-refractivity contribution >= 4 is 40.6 Å². The van der Waals surface area contributed by atoms with Crippen LogP contribution in [0.3, 0.4) is 0 Å². The zero-order valence-corrected chi connectivity index (χ0v) is 16.3. The fourth-order valence-corrected chi connectivity index (χ4v) is 3.61. The zero-order chi connectivity index (χ0) is 19.6. The Morgan fingerprint density at radius 2 is 1.96 bits per heavy atom. The predicted octanol–water partition coefficient (Wildman–Crippen LogP) is 5.50. The number of imide groups is 1. The summed E-state index contributed by atoms with van der Waals surface area (Å²) in [5, 5.41) is -0.220. The summed E-state index contributed by atoms with van der Waals surface area (Å²) in [5.74, 6) is -0.245. The molecule has 0 atom stereocenters. The van der Waals surface area contributed by atoms with E-state index < -0.39 is 17.0 Å². The van der Waals surface area contributed by atoms with Gasteiger partial charge in [-0.2, -0.15) is 0 Å². The summed E-state index contributed by atoms with van der Waals surface area (Å²) in [5.41, 5.74) is 1.22. The lowest BCUT2D eigenvalue weighted by atomic mass is 10.1. The molecule has 0 radical (unpaired) electrons. The summed E-state index contributed by atoms with van der Waals surface area (Å²) in [4.78, 5) is 26.4. The monoisotopic (exact) mass is 405 g/mol. The molecule has 140 valence electrons. The minimum absolute atomic E-state index is 0.00867. The van der Waals surface area contributed by atoms with Gasteiger partial charge in [0.15, 0.2) is 0 Å². The van der Waals surface area contributed by atoms with Crippen LogP contribution in [-0.2, 0) is 11.3 Å². The topological polar surface area (TPSA) is 46.6 Å². The van der Waals surface area contributed by atoms with Crippen LogP contribution in [-0.4, -0.2) is 22.2 Å². The summed E-state index contributed by atoms with van der Waals surface area (Å²) in [7, 11) is 0. The van der Waals surface area contributed by atoms with E-state index in [2.05, 4.69) is 0 Å². The fourth-order valence-electron chi connectivity index (χ4n) is 2.56. The Morgan fingerprint density at radius 1 is 1.22 bits per heavy atom. The first-order valence-electron chi connectivity index (χ1n) is 8.30. The van der Waals surface area contributed by atoms with E-state index >= 15 is 0 Å².